The number of amides is 2. The predicted octanol–water partition coefficient (Wildman–Crippen LogP) is 1.87. The van der Waals surface area contributed by atoms with Gasteiger partial charge in [0.25, 0.3) is 5.91 Å². The van der Waals surface area contributed by atoms with Gasteiger partial charge in [-0.15, -0.1) is 0 Å². The Bertz CT molecular complexity index is 1310. The molecule has 42 heavy (non-hydrogen) atoms. The highest BCUT2D eigenvalue weighted by Gasteiger charge is 2.39. The minimum atomic E-state index is -1.34. The molecule has 15 heteroatoms. The first-order valence-corrected chi connectivity index (χ1v) is 12.4. The van der Waals surface area contributed by atoms with E-state index in [1.165, 1.54) is 18.2 Å². The number of methoxy groups -OCH3 is 2. The van der Waals surface area contributed by atoms with Gasteiger partial charge in [-0.05, 0) is 24.1 Å². The summed E-state index contributed by atoms with van der Waals surface area (Å²) in [6.07, 6.45) is -3.12. The quantitative estimate of drug-likeness (QED) is 0.220. The van der Waals surface area contributed by atoms with Crippen molar-refractivity contribution >= 4 is 36.1 Å². The van der Waals surface area contributed by atoms with Crippen molar-refractivity contribution in [2.75, 3.05) is 27.6 Å². The van der Waals surface area contributed by atoms with Crippen molar-refractivity contribution in [3.63, 3.8) is 0 Å². The van der Waals surface area contributed by atoms with Gasteiger partial charge in [0, 0.05) is 6.42 Å². The summed E-state index contributed by atoms with van der Waals surface area (Å²) in [5, 5.41) is 11.6. The summed E-state index contributed by atoms with van der Waals surface area (Å²) in [4.78, 5) is 75.3. The molecule has 2 aromatic carbocycles. The molecule has 1 aliphatic heterocycles. The van der Waals surface area contributed by atoms with Crippen LogP contribution in [0.3, 0.4) is 0 Å². The number of hydrogen-bond donors (Lipinski definition) is 2. The number of para-hydroxylation sites is 1. The predicted molar refractivity (Wildman–Crippen MR) is 138 cm³/mol. The number of benzene rings is 2. The molecule has 2 N–H and O–H groups in total. The number of carboxylic acid groups (broad SMARTS) is 1. The minimum absolute atomic E-state index is 0.108. The van der Waals surface area contributed by atoms with Gasteiger partial charge in [-0.25, -0.2) is 14.4 Å². The van der Waals surface area contributed by atoms with Crippen molar-refractivity contribution < 1.29 is 62.3 Å². The third-order valence-electron chi connectivity index (χ3n) is 5.84. The standard InChI is InChI=1S/C27H28N2O13/c1-37-26(35)41-20-10-6-9-17(22(20)42-27(36)38-2)24(33)29-15-39-14-19(29)23(32)28-18(11-12-21(30)31)25(34)40-13-16-7-4-3-5-8-16/h3-10,18-19H,11-15H2,1-2H3,(H,28,32)(H,30,31)/t18-,19?/m0/s1. The van der Waals surface area contributed by atoms with Crippen LogP contribution in [0.2, 0.25) is 0 Å². The Balaban J connectivity index is 1.81. The molecule has 1 unspecified atom stereocenters. The van der Waals surface area contributed by atoms with E-state index < -0.39 is 60.3 Å². The second-order valence-corrected chi connectivity index (χ2v) is 8.62. The number of nitrogens with zero attached hydrogens (tertiary/aromatic N) is 1. The summed E-state index contributed by atoms with van der Waals surface area (Å²) in [7, 11) is 2.07. The van der Waals surface area contributed by atoms with Gasteiger partial charge in [0.05, 0.1) is 26.4 Å². The van der Waals surface area contributed by atoms with E-state index in [4.69, 9.17) is 24.1 Å². The number of aliphatic carboxylic acids is 1. The van der Waals surface area contributed by atoms with Crippen LogP contribution in [0.1, 0.15) is 28.8 Å². The third-order valence-corrected chi connectivity index (χ3v) is 5.84. The number of esters is 1. The minimum Gasteiger partial charge on any atom is -0.481 e. The van der Waals surface area contributed by atoms with Crippen molar-refractivity contribution in [2.45, 2.75) is 31.5 Å². The number of ether oxygens (including phenoxy) is 6. The van der Waals surface area contributed by atoms with Crippen LogP contribution in [0.4, 0.5) is 9.59 Å². The molecule has 15 nitrogen and oxygen atoms in total. The van der Waals surface area contributed by atoms with Gasteiger partial charge >= 0.3 is 24.2 Å². The number of carbonyl (C=O) groups excluding carboxylic acids is 5. The summed E-state index contributed by atoms with van der Waals surface area (Å²) >= 11 is 0. The molecule has 3 rings (SSSR count). The van der Waals surface area contributed by atoms with Crippen molar-refractivity contribution in [1.29, 1.82) is 0 Å². The molecule has 1 aliphatic rings. The van der Waals surface area contributed by atoms with E-state index >= 15 is 0 Å². The average Bonchev–Trinajstić information content (AvgIpc) is 3.49. The Morgan fingerprint density at radius 3 is 2.33 bits per heavy atom. The number of rotatable bonds is 11. The Morgan fingerprint density at radius 2 is 1.67 bits per heavy atom. The molecule has 0 aromatic heterocycles. The molecule has 2 aromatic rings. The topological polar surface area (TPSA) is 193 Å². The fourth-order valence-corrected chi connectivity index (χ4v) is 3.76. The van der Waals surface area contributed by atoms with E-state index in [2.05, 4.69) is 14.8 Å². The van der Waals surface area contributed by atoms with E-state index in [0.717, 1.165) is 19.1 Å². The summed E-state index contributed by atoms with van der Waals surface area (Å²) in [6, 6.07) is 9.90. The molecular formula is C27H28N2O13. The van der Waals surface area contributed by atoms with Crippen LogP contribution in [-0.2, 0) is 39.9 Å². The maximum atomic E-state index is 13.5. The van der Waals surface area contributed by atoms with Gasteiger partial charge in [0.2, 0.25) is 5.91 Å². The fraction of sp³-hybridized carbons (Fsp3) is 0.333. The first kappa shape index (κ1) is 31.3. The number of hydrogen-bond acceptors (Lipinski definition) is 12. The van der Waals surface area contributed by atoms with E-state index in [9.17, 15) is 28.8 Å². The molecule has 1 saturated heterocycles. The van der Waals surface area contributed by atoms with Crippen LogP contribution in [0, 0.1) is 0 Å². The van der Waals surface area contributed by atoms with Gasteiger partial charge in [-0.3, -0.25) is 14.4 Å². The smallest absolute Gasteiger partial charge is 0.481 e. The van der Waals surface area contributed by atoms with E-state index in [1.807, 2.05) is 0 Å². The summed E-state index contributed by atoms with van der Waals surface area (Å²) in [6.45, 7) is -0.744. The number of carboxylic acids is 1. The van der Waals surface area contributed by atoms with Gasteiger partial charge in [-0.2, -0.15) is 0 Å². The largest absolute Gasteiger partial charge is 0.513 e. The SMILES string of the molecule is COC(=O)Oc1cccc(C(=O)N2COCC2C(=O)N[C@@H](CCC(=O)O)C(=O)OCc2ccccc2)c1OC(=O)OC. The first-order valence-electron chi connectivity index (χ1n) is 12.4. The molecule has 0 bridgehead atoms. The molecule has 0 radical (unpaired) electrons. The van der Waals surface area contributed by atoms with Crippen LogP contribution in [0.15, 0.2) is 48.5 Å². The monoisotopic (exact) mass is 588 g/mol. The lowest BCUT2D eigenvalue weighted by Crippen LogP contribution is -2.52. The van der Waals surface area contributed by atoms with Gasteiger partial charge in [-0.1, -0.05) is 36.4 Å². The lowest BCUT2D eigenvalue weighted by molar-refractivity contribution is -0.150. The number of nitrogens with one attached hydrogen (secondary N) is 1. The molecule has 2 amide bonds. The number of carbonyl (C=O) groups is 6. The molecule has 0 spiro atoms. The second-order valence-electron chi connectivity index (χ2n) is 8.62. The summed E-state index contributed by atoms with van der Waals surface area (Å²) < 4.78 is 29.6. The molecule has 2 atom stereocenters. The Labute approximate surface area is 239 Å². The van der Waals surface area contributed by atoms with Crippen LogP contribution in [-0.4, -0.2) is 85.7 Å². The van der Waals surface area contributed by atoms with E-state index in [1.54, 1.807) is 30.3 Å². The second kappa shape index (κ2) is 15.0. The van der Waals surface area contributed by atoms with Gasteiger partial charge < -0.3 is 43.7 Å². The highest BCUT2D eigenvalue weighted by molar-refractivity contribution is 6.01. The Morgan fingerprint density at radius 1 is 0.976 bits per heavy atom. The van der Waals surface area contributed by atoms with Crippen molar-refractivity contribution in [1.82, 2.24) is 10.2 Å². The van der Waals surface area contributed by atoms with Crippen molar-refractivity contribution in [3.8, 4) is 11.5 Å². The Hall–Kier alpha value is -5.18. The highest BCUT2D eigenvalue weighted by Crippen LogP contribution is 2.34. The van der Waals surface area contributed by atoms with E-state index in [0.29, 0.717) is 5.56 Å². The summed E-state index contributed by atoms with van der Waals surface area (Å²) in [5.41, 5.74) is 0.383. The van der Waals surface area contributed by atoms with Gasteiger partial charge in [0.15, 0.2) is 11.5 Å². The van der Waals surface area contributed by atoms with Crippen LogP contribution < -0.4 is 14.8 Å². The van der Waals surface area contributed by atoms with Crippen molar-refractivity contribution in [3.05, 3.63) is 59.7 Å². The molecule has 1 fully saturated rings. The van der Waals surface area contributed by atoms with E-state index in [-0.39, 0.29) is 37.7 Å². The molecule has 0 saturated carbocycles. The van der Waals surface area contributed by atoms with Crippen molar-refractivity contribution in [2.24, 2.45) is 0 Å². The zero-order valence-corrected chi connectivity index (χ0v) is 22.6. The normalized spacial score (nSPS) is 14.7. The summed E-state index contributed by atoms with van der Waals surface area (Å²) in [5.74, 6) is -4.60. The first-order chi connectivity index (χ1) is 20.1. The van der Waals surface area contributed by atoms with Gasteiger partial charge in [0.1, 0.15) is 25.4 Å². The lowest BCUT2D eigenvalue weighted by Gasteiger charge is -2.25. The fourth-order valence-electron chi connectivity index (χ4n) is 3.76. The Kier molecular flexibility index (Phi) is 11.2. The average molecular weight is 589 g/mol. The van der Waals surface area contributed by atoms with Crippen LogP contribution in [0.5, 0.6) is 11.5 Å². The van der Waals surface area contributed by atoms with Crippen LogP contribution in [0.25, 0.3) is 0 Å². The third kappa shape index (κ3) is 8.41. The highest BCUT2D eigenvalue weighted by atomic mass is 16.7. The molecular weight excluding hydrogens is 560 g/mol. The molecule has 0 aliphatic carbocycles. The lowest BCUT2D eigenvalue weighted by atomic mass is 10.1. The molecule has 224 valence electrons. The zero-order valence-electron chi connectivity index (χ0n) is 22.6. The van der Waals surface area contributed by atoms with Crippen LogP contribution >= 0.6 is 0 Å². The zero-order chi connectivity index (χ0) is 30.6. The maximum Gasteiger partial charge on any atom is 0.513 e. The maximum absolute atomic E-state index is 13.5. The molecule has 1 heterocycles.